The van der Waals surface area contributed by atoms with Gasteiger partial charge < -0.3 is 9.47 Å². The van der Waals surface area contributed by atoms with Crippen LogP contribution in [0.25, 0.3) is 11.1 Å². The van der Waals surface area contributed by atoms with Gasteiger partial charge in [-0.25, -0.2) is 0 Å². The first-order valence-corrected chi connectivity index (χ1v) is 11.4. The van der Waals surface area contributed by atoms with E-state index in [4.69, 9.17) is 0 Å². The number of nitrogens with zero attached hydrogens (tertiary/aromatic N) is 2. The highest BCUT2D eigenvalue weighted by Gasteiger charge is 2.36. The lowest BCUT2D eigenvalue weighted by Crippen LogP contribution is -2.24. The second-order valence-corrected chi connectivity index (χ2v) is 8.97. The third-order valence-corrected chi connectivity index (χ3v) is 6.48. The van der Waals surface area contributed by atoms with Gasteiger partial charge in [0.25, 0.3) is 0 Å². The molecule has 0 fully saturated rings. The normalized spacial score (nSPS) is 16.3. The zero-order valence-electron chi connectivity index (χ0n) is 19.2. The van der Waals surface area contributed by atoms with Gasteiger partial charge in [-0.2, -0.15) is 13.2 Å². The Morgan fingerprint density at radius 3 is 2.36 bits per heavy atom. The molecule has 174 valence electrons. The number of aromatic nitrogens is 1. The highest BCUT2D eigenvalue weighted by molar-refractivity contribution is 6.06. The van der Waals surface area contributed by atoms with Crippen LogP contribution in [0.2, 0.25) is 0 Å². The van der Waals surface area contributed by atoms with Crippen LogP contribution in [0.3, 0.4) is 0 Å². The molecule has 0 spiro atoms. The van der Waals surface area contributed by atoms with Gasteiger partial charge in [0.1, 0.15) is 0 Å². The quantitative estimate of drug-likeness (QED) is 0.442. The lowest BCUT2D eigenvalue weighted by molar-refractivity contribution is -0.137. The summed E-state index contributed by atoms with van der Waals surface area (Å²) in [7, 11) is 3.99. The number of ketones is 1. The number of hydrogen-bond donors (Lipinski definition) is 0. The van der Waals surface area contributed by atoms with Crippen molar-refractivity contribution in [2.75, 3.05) is 20.6 Å². The van der Waals surface area contributed by atoms with Crippen molar-refractivity contribution in [3.8, 4) is 11.1 Å². The Morgan fingerprint density at radius 1 is 1.00 bits per heavy atom. The van der Waals surface area contributed by atoms with E-state index in [-0.39, 0.29) is 11.7 Å². The molecule has 1 atom stereocenters. The van der Waals surface area contributed by atoms with E-state index >= 15 is 0 Å². The average Bonchev–Trinajstić information content (AvgIpc) is 3.11. The van der Waals surface area contributed by atoms with E-state index in [1.165, 1.54) is 12.1 Å². The van der Waals surface area contributed by atoms with Crippen LogP contribution in [0.1, 0.15) is 52.1 Å². The number of rotatable bonds is 6. The first-order chi connectivity index (χ1) is 15.7. The van der Waals surface area contributed by atoms with Crippen molar-refractivity contribution >= 4 is 5.78 Å². The first-order valence-electron chi connectivity index (χ1n) is 11.4. The van der Waals surface area contributed by atoms with E-state index in [1.54, 1.807) is 6.07 Å². The number of carbonyl (C=O) groups is 1. The van der Waals surface area contributed by atoms with E-state index in [1.807, 2.05) is 51.4 Å². The topological polar surface area (TPSA) is 25.2 Å². The van der Waals surface area contributed by atoms with E-state index in [0.717, 1.165) is 29.6 Å². The maximum absolute atomic E-state index is 13.5. The minimum Gasteiger partial charge on any atom is -0.346 e. The number of fused-ring (bicyclic) bond motifs is 1. The van der Waals surface area contributed by atoms with E-state index < -0.39 is 11.7 Å². The monoisotopic (exact) mass is 454 g/mol. The van der Waals surface area contributed by atoms with Crippen molar-refractivity contribution in [2.45, 2.75) is 44.8 Å². The van der Waals surface area contributed by atoms with E-state index in [9.17, 15) is 18.0 Å². The molecule has 0 bridgehead atoms. The summed E-state index contributed by atoms with van der Waals surface area (Å²) < 4.78 is 42.6. The van der Waals surface area contributed by atoms with Crippen LogP contribution >= 0.6 is 0 Å². The predicted molar refractivity (Wildman–Crippen MR) is 125 cm³/mol. The molecule has 0 N–H and O–H groups in total. The number of halogens is 3. The third kappa shape index (κ3) is 4.62. The average molecular weight is 455 g/mol. The minimum absolute atomic E-state index is 0.0100. The molecule has 2 aromatic carbocycles. The first kappa shape index (κ1) is 23.3. The molecule has 1 aliphatic rings. The largest absolute Gasteiger partial charge is 0.416 e. The fourth-order valence-corrected chi connectivity index (χ4v) is 4.93. The lowest BCUT2D eigenvalue weighted by atomic mass is 9.80. The summed E-state index contributed by atoms with van der Waals surface area (Å²) in [5, 5.41) is 0. The van der Waals surface area contributed by atoms with Gasteiger partial charge in [0.05, 0.1) is 5.56 Å². The van der Waals surface area contributed by atoms with Crippen molar-refractivity contribution in [2.24, 2.45) is 0 Å². The summed E-state index contributed by atoms with van der Waals surface area (Å²) in [5.41, 5.74) is 4.06. The Morgan fingerprint density at radius 2 is 1.73 bits per heavy atom. The van der Waals surface area contributed by atoms with Crippen molar-refractivity contribution in [3.63, 3.8) is 0 Å². The van der Waals surface area contributed by atoms with Crippen molar-refractivity contribution in [1.29, 1.82) is 0 Å². The molecule has 4 rings (SSSR count). The van der Waals surface area contributed by atoms with Gasteiger partial charge in [0.15, 0.2) is 5.78 Å². The zero-order valence-corrected chi connectivity index (χ0v) is 19.2. The Labute approximate surface area is 192 Å². The Bertz CT molecular complexity index is 1150. The molecule has 0 aliphatic heterocycles. The van der Waals surface area contributed by atoms with Gasteiger partial charge in [-0.1, -0.05) is 49.4 Å². The Hall–Kier alpha value is -2.86. The second-order valence-electron chi connectivity index (χ2n) is 8.97. The molecule has 1 unspecified atom stereocenters. The SMILES string of the molecule is CCc1c(-c2cccc(C(F)(F)F)c2)c2c(n1CCN(C)C)CC(c1ccccc1)CC2=O. The summed E-state index contributed by atoms with van der Waals surface area (Å²) >= 11 is 0. The zero-order chi connectivity index (χ0) is 23.8. The third-order valence-electron chi connectivity index (χ3n) is 6.48. The number of likely N-dealkylation sites (N-methyl/N-ethyl adjacent to an activating group) is 1. The van der Waals surface area contributed by atoms with Crippen LogP contribution in [0.4, 0.5) is 13.2 Å². The van der Waals surface area contributed by atoms with Crippen LogP contribution in [0.15, 0.2) is 54.6 Å². The van der Waals surface area contributed by atoms with Gasteiger partial charge >= 0.3 is 6.18 Å². The minimum atomic E-state index is -4.43. The maximum atomic E-state index is 13.5. The van der Waals surface area contributed by atoms with Gasteiger partial charge in [0, 0.05) is 42.0 Å². The number of hydrogen-bond acceptors (Lipinski definition) is 2. The van der Waals surface area contributed by atoms with Crippen molar-refractivity contribution in [1.82, 2.24) is 9.47 Å². The number of Topliss-reactive ketones (excluding diaryl/α,β-unsaturated/α-hetero) is 1. The number of carbonyl (C=O) groups excluding carboxylic acids is 1. The van der Waals surface area contributed by atoms with Crippen LogP contribution in [0, 0.1) is 0 Å². The highest BCUT2D eigenvalue weighted by atomic mass is 19.4. The van der Waals surface area contributed by atoms with Gasteiger partial charge in [-0.3, -0.25) is 4.79 Å². The number of alkyl halides is 3. The molecular formula is C27H29F3N2O. The molecule has 33 heavy (non-hydrogen) atoms. The highest BCUT2D eigenvalue weighted by Crippen LogP contribution is 2.42. The molecule has 0 saturated carbocycles. The summed E-state index contributed by atoms with van der Waals surface area (Å²) in [4.78, 5) is 15.6. The van der Waals surface area contributed by atoms with Crippen LogP contribution in [-0.4, -0.2) is 35.9 Å². The van der Waals surface area contributed by atoms with Gasteiger partial charge in [-0.05, 0) is 56.1 Å². The molecule has 1 aliphatic carbocycles. The maximum Gasteiger partial charge on any atom is 0.416 e. The van der Waals surface area contributed by atoms with E-state index in [2.05, 4.69) is 9.47 Å². The molecule has 3 aromatic rings. The summed E-state index contributed by atoms with van der Waals surface area (Å²) in [6, 6.07) is 15.4. The van der Waals surface area contributed by atoms with Crippen LogP contribution in [-0.2, 0) is 25.6 Å². The molecule has 1 aromatic heterocycles. The fraction of sp³-hybridized carbons (Fsp3) is 0.370. The predicted octanol–water partition coefficient (Wildman–Crippen LogP) is 6.21. The smallest absolute Gasteiger partial charge is 0.346 e. The lowest BCUT2D eigenvalue weighted by Gasteiger charge is -2.25. The molecule has 0 saturated heterocycles. The summed E-state index contributed by atoms with van der Waals surface area (Å²) in [6.07, 6.45) is -2.73. The second kappa shape index (κ2) is 9.18. The summed E-state index contributed by atoms with van der Waals surface area (Å²) in [5.74, 6) is 0.0779. The Balaban J connectivity index is 1.90. The standard InChI is InChI=1S/C27H29F3N2O/c1-4-22-25(19-11-8-12-21(15-19)27(28,29)30)26-23(32(22)14-13-31(2)3)16-20(17-24(26)33)18-9-6-5-7-10-18/h5-12,15,20H,4,13-14,16-17H2,1-3H3. The molecule has 1 heterocycles. The van der Waals surface area contributed by atoms with Crippen LogP contribution < -0.4 is 0 Å². The Kier molecular flexibility index (Phi) is 6.48. The van der Waals surface area contributed by atoms with Gasteiger partial charge in [0.2, 0.25) is 0 Å². The summed E-state index contributed by atoms with van der Waals surface area (Å²) in [6.45, 7) is 3.47. The molecule has 0 radical (unpaired) electrons. The fourth-order valence-electron chi connectivity index (χ4n) is 4.93. The molecule has 0 amide bonds. The van der Waals surface area contributed by atoms with Crippen LogP contribution in [0.5, 0.6) is 0 Å². The van der Waals surface area contributed by atoms with Gasteiger partial charge in [-0.15, -0.1) is 0 Å². The van der Waals surface area contributed by atoms with Crippen molar-refractivity contribution in [3.05, 3.63) is 82.7 Å². The molecular weight excluding hydrogens is 425 g/mol. The van der Waals surface area contributed by atoms with E-state index in [0.29, 0.717) is 42.5 Å². The molecule has 6 heteroatoms. The van der Waals surface area contributed by atoms with Crippen molar-refractivity contribution < 1.29 is 18.0 Å². The molecule has 3 nitrogen and oxygen atoms in total. The number of benzene rings is 2.